The van der Waals surface area contributed by atoms with E-state index in [1.165, 1.54) is 42.1 Å². The summed E-state index contributed by atoms with van der Waals surface area (Å²) in [4.78, 5) is 2.44. The third-order valence-corrected chi connectivity index (χ3v) is 4.56. The van der Waals surface area contributed by atoms with E-state index in [0.717, 1.165) is 25.2 Å². The normalized spacial score (nSPS) is 12.8. The molecule has 0 radical (unpaired) electrons. The van der Waals surface area contributed by atoms with E-state index in [9.17, 15) is 5.11 Å². The molecule has 0 spiro atoms. The van der Waals surface area contributed by atoms with Gasteiger partial charge < -0.3 is 10.0 Å². The van der Waals surface area contributed by atoms with Crippen LogP contribution in [-0.4, -0.2) is 29.6 Å². The molecule has 1 aromatic rings. The van der Waals surface area contributed by atoms with Gasteiger partial charge in [-0.3, -0.25) is 0 Å². The number of nitrogens with zero attached hydrogens (tertiary/aromatic N) is 1. The predicted octanol–water partition coefficient (Wildman–Crippen LogP) is 5.01. The summed E-state index contributed by atoms with van der Waals surface area (Å²) in [6, 6.07) is 8.22. The molecule has 1 aromatic carbocycles. The van der Waals surface area contributed by atoms with Crippen LogP contribution in [-0.2, 0) is 0 Å². The molecule has 0 bridgehead atoms. The number of aliphatic hydroxyl groups excluding tert-OH is 1. The number of rotatable bonds is 11. The molecule has 0 unspecified atom stereocenters. The zero-order valence-corrected chi connectivity index (χ0v) is 15.7. The van der Waals surface area contributed by atoms with E-state index in [1.54, 1.807) is 0 Å². The number of unbranched alkanes of at least 4 members (excludes halogenated alkanes) is 4. The maximum atomic E-state index is 10.5. The second-order valence-electron chi connectivity index (χ2n) is 5.78. The van der Waals surface area contributed by atoms with Gasteiger partial charge in [0.25, 0.3) is 0 Å². The van der Waals surface area contributed by atoms with E-state index in [0.29, 0.717) is 0 Å². The fourth-order valence-electron chi connectivity index (χ4n) is 2.50. The minimum absolute atomic E-state index is 0.370. The number of benzene rings is 1. The van der Waals surface area contributed by atoms with E-state index in [1.807, 2.05) is 12.1 Å². The first-order valence-electron chi connectivity index (χ1n) is 8.33. The van der Waals surface area contributed by atoms with Crippen molar-refractivity contribution in [1.29, 1.82) is 0 Å². The first kappa shape index (κ1) is 18.9. The highest BCUT2D eigenvalue weighted by Crippen LogP contribution is 2.17. The summed E-state index contributed by atoms with van der Waals surface area (Å²) < 4.78 is 1.21. The summed E-state index contributed by atoms with van der Waals surface area (Å²) >= 11 is 2.30. The summed E-state index contributed by atoms with van der Waals surface area (Å²) in [6.45, 7) is 7.45. The van der Waals surface area contributed by atoms with Crippen molar-refractivity contribution in [2.24, 2.45) is 0 Å². The van der Waals surface area contributed by atoms with Gasteiger partial charge in [0.05, 0.1) is 6.10 Å². The maximum Gasteiger partial charge on any atom is 0.0916 e. The van der Waals surface area contributed by atoms with Gasteiger partial charge in [-0.2, -0.15) is 0 Å². The molecule has 120 valence electrons. The minimum Gasteiger partial charge on any atom is -0.387 e. The second kappa shape index (κ2) is 11.4. The van der Waals surface area contributed by atoms with E-state index in [-0.39, 0.29) is 6.10 Å². The third-order valence-electron chi connectivity index (χ3n) is 3.84. The Morgan fingerprint density at radius 3 is 1.95 bits per heavy atom. The number of halogens is 1. The summed E-state index contributed by atoms with van der Waals surface area (Å²) in [7, 11) is 0. The Bertz CT molecular complexity index is 356. The van der Waals surface area contributed by atoms with Gasteiger partial charge >= 0.3 is 0 Å². The third kappa shape index (κ3) is 8.17. The van der Waals surface area contributed by atoms with Crippen molar-refractivity contribution in [2.75, 3.05) is 19.6 Å². The van der Waals surface area contributed by atoms with E-state index < -0.39 is 0 Å². The van der Waals surface area contributed by atoms with Gasteiger partial charge in [-0.1, -0.05) is 51.7 Å². The molecule has 0 aliphatic carbocycles. The van der Waals surface area contributed by atoms with Crippen molar-refractivity contribution in [2.45, 2.75) is 58.5 Å². The lowest BCUT2D eigenvalue weighted by Crippen LogP contribution is -2.30. The lowest BCUT2D eigenvalue weighted by Gasteiger charge is -2.25. The Labute approximate surface area is 144 Å². The largest absolute Gasteiger partial charge is 0.387 e. The zero-order valence-electron chi connectivity index (χ0n) is 13.5. The Morgan fingerprint density at radius 1 is 0.952 bits per heavy atom. The lowest BCUT2D eigenvalue weighted by molar-refractivity contribution is 0.110. The van der Waals surface area contributed by atoms with Crippen molar-refractivity contribution in [3.05, 3.63) is 33.4 Å². The molecule has 1 rings (SSSR count). The van der Waals surface area contributed by atoms with Gasteiger partial charge in [-0.05, 0) is 66.2 Å². The zero-order chi connectivity index (χ0) is 15.5. The molecule has 0 saturated heterocycles. The molecule has 0 saturated carbocycles. The summed E-state index contributed by atoms with van der Waals surface area (Å²) in [5, 5.41) is 10.5. The molecule has 0 aliphatic heterocycles. The molecule has 3 heteroatoms. The first-order valence-corrected chi connectivity index (χ1v) is 9.41. The Hall–Kier alpha value is -0.130. The molecule has 0 heterocycles. The quantitative estimate of drug-likeness (QED) is 0.415. The molecule has 0 aliphatic rings. The highest BCUT2D eigenvalue weighted by molar-refractivity contribution is 14.1. The second-order valence-corrected chi connectivity index (χ2v) is 7.03. The smallest absolute Gasteiger partial charge is 0.0916 e. The van der Waals surface area contributed by atoms with Crippen LogP contribution in [0.3, 0.4) is 0 Å². The summed E-state index contributed by atoms with van der Waals surface area (Å²) in [6.07, 6.45) is 7.17. The van der Waals surface area contributed by atoms with Crippen molar-refractivity contribution in [3.8, 4) is 0 Å². The molecule has 0 aromatic heterocycles. The monoisotopic (exact) mass is 403 g/mol. The van der Waals surface area contributed by atoms with E-state index >= 15 is 0 Å². The van der Waals surface area contributed by atoms with Crippen LogP contribution in [0, 0.1) is 3.57 Å². The predicted molar refractivity (Wildman–Crippen MR) is 99.6 cm³/mol. The fourth-order valence-corrected chi connectivity index (χ4v) is 2.86. The minimum atomic E-state index is -0.370. The van der Waals surface area contributed by atoms with Crippen LogP contribution in [0.1, 0.15) is 64.0 Å². The average molecular weight is 403 g/mol. The lowest BCUT2D eigenvalue weighted by atomic mass is 10.1. The SMILES string of the molecule is CCCCCN(CCCCC)C[C@@H](O)c1ccc(I)cc1. The molecule has 1 atom stereocenters. The van der Waals surface area contributed by atoms with Gasteiger partial charge in [-0.15, -0.1) is 0 Å². The standard InChI is InChI=1S/C18H30INO/c1-3-5-7-13-20(14-8-6-4-2)15-18(21)16-9-11-17(19)12-10-16/h9-12,18,21H,3-8,13-15H2,1-2H3/t18-/m1/s1. The van der Waals surface area contributed by atoms with Gasteiger partial charge in [0.15, 0.2) is 0 Å². The van der Waals surface area contributed by atoms with Crippen molar-refractivity contribution < 1.29 is 5.11 Å². The van der Waals surface area contributed by atoms with Gasteiger partial charge in [-0.25, -0.2) is 0 Å². The Morgan fingerprint density at radius 2 is 1.48 bits per heavy atom. The first-order chi connectivity index (χ1) is 10.2. The summed E-state index contributed by atoms with van der Waals surface area (Å²) in [5.74, 6) is 0. The van der Waals surface area contributed by atoms with Crippen LogP contribution < -0.4 is 0 Å². The van der Waals surface area contributed by atoms with Gasteiger partial charge in [0, 0.05) is 10.1 Å². The number of aliphatic hydroxyl groups is 1. The highest BCUT2D eigenvalue weighted by atomic mass is 127. The van der Waals surface area contributed by atoms with Crippen molar-refractivity contribution >= 4 is 22.6 Å². The van der Waals surface area contributed by atoms with Crippen LogP contribution in [0.4, 0.5) is 0 Å². The van der Waals surface area contributed by atoms with Crippen LogP contribution in [0.25, 0.3) is 0 Å². The van der Waals surface area contributed by atoms with Crippen LogP contribution in [0.15, 0.2) is 24.3 Å². The Kier molecular flexibility index (Phi) is 10.3. The van der Waals surface area contributed by atoms with Crippen LogP contribution >= 0.6 is 22.6 Å². The molecule has 2 nitrogen and oxygen atoms in total. The Balaban J connectivity index is 2.49. The summed E-state index contributed by atoms with van der Waals surface area (Å²) in [5.41, 5.74) is 1.03. The van der Waals surface area contributed by atoms with Crippen molar-refractivity contribution in [3.63, 3.8) is 0 Å². The molecular formula is C18H30INO. The van der Waals surface area contributed by atoms with Crippen LogP contribution in [0.2, 0.25) is 0 Å². The molecule has 0 amide bonds. The molecule has 21 heavy (non-hydrogen) atoms. The molecule has 0 fully saturated rings. The number of hydrogen-bond acceptors (Lipinski definition) is 2. The fraction of sp³-hybridized carbons (Fsp3) is 0.667. The van der Waals surface area contributed by atoms with Crippen molar-refractivity contribution in [1.82, 2.24) is 4.90 Å². The molecular weight excluding hydrogens is 373 g/mol. The average Bonchev–Trinajstić information content (AvgIpc) is 2.48. The van der Waals surface area contributed by atoms with Crippen LogP contribution in [0.5, 0.6) is 0 Å². The molecule has 1 N–H and O–H groups in total. The highest BCUT2D eigenvalue weighted by Gasteiger charge is 2.13. The van der Waals surface area contributed by atoms with E-state index in [2.05, 4.69) is 53.5 Å². The van der Waals surface area contributed by atoms with Gasteiger partial charge in [0.2, 0.25) is 0 Å². The van der Waals surface area contributed by atoms with E-state index in [4.69, 9.17) is 0 Å². The number of hydrogen-bond donors (Lipinski definition) is 1. The topological polar surface area (TPSA) is 23.5 Å². The maximum absolute atomic E-state index is 10.5. The van der Waals surface area contributed by atoms with Gasteiger partial charge in [0.1, 0.15) is 0 Å².